The van der Waals surface area contributed by atoms with Crippen LogP contribution in [0.1, 0.15) is 16.8 Å². The molecule has 0 atom stereocenters. The minimum atomic E-state index is -0.0151. The molecule has 0 fully saturated rings. The number of rotatable bonds is 2. The van der Waals surface area contributed by atoms with Crippen LogP contribution in [-0.4, -0.2) is 10.1 Å². The summed E-state index contributed by atoms with van der Waals surface area (Å²) in [6.07, 6.45) is 0. The van der Waals surface area contributed by atoms with Crippen LogP contribution in [0.2, 0.25) is 0 Å². The summed E-state index contributed by atoms with van der Waals surface area (Å²) in [5.41, 5.74) is 5.23. The maximum atomic E-state index is 9.09. The molecule has 0 spiro atoms. The van der Waals surface area contributed by atoms with E-state index in [1.807, 2.05) is 24.3 Å². The lowest BCUT2D eigenvalue weighted by molar-refractivity contribution is 0.277. The second-order valence-electron chi connectivity index (χ2n) is 3.94. The average Bonchev–Trinajstić information content (AvgIpc) is 2.29. The van der Waals surface area contributed by atoms with Gasteiger partial charge in [0.05, 0.1) is 18.0 Å². The number of aromatic nitrogens is 1. The first-order chi connectivity index (χ1) is 7.72. The van der Waals surface area contributed by atoms with E-state index in [-0.39, 0.29) is 6.61 Å². The van der Waals surface area contributed by atoms with Crippen molar-refractivity contribution in [2.45, 2.75) is 20.5 Å². The van der Waals surface area contributed by atoms with Gasteiger partial charge in [-0.15, -0.1) is 0 Å². The van der Waals surface area contributed by atoms with Gasteiger partial charge in [0.25, 0.3) is 0 Å². The minimum Gasteiger partial charge on any atom is -0.390 e. The average molecular weight is 213 g/mol. The topological polar surface area (TPSA) is 33.1 Å². The van der Waals surface area contributed by atoms with Crippen molar-refractivity contribution in [3.05, 3.63) is 53.2 Å². The zero-order chi connectivity index (χ0) is 11.5. The third kappa shape index (κ3) is 1.97. The predicted octanol–water partition coefficient (Wildman–Crippen LogP) is 2.86. The van der Waals surface area contributed by atoms with Gasteiger partial charge in [0, 0.05) is 5.56 Å². The predicted molar refractivity (Wildman–Crippen MR) is 65.1 cm³/mol. The third-order valence-corrected chi connectivity index (χ3v) is 2.71. The maximum absolute atomic E-state index is 9.09. The summed E-state index contributed by atoms with van der Waals surface area (Å²) in [7, 11) is 0. The molecule has 2 nitrogen and oxygen atoms in total. The molecule has 1 aromatic carbocycles. The van der Waals surface area contributed by atoms with Gasteiger partial charge in [0.15, 0.2) is 0 Å². The summed E-state index contributed by atoms with van der Waals surface area (Å²) in [4.78, 5) is 4.43. The fourth-order valence-corrected chi connectivity index (χ4v) is 1.93. The van der Waals surface area contributed by atoms with Crippen LogP contribution < -0.4 is 0 Å². The molecule has 0 amide bonds. The first kappa shape index (κ1) is 10.8. The van der Waals surface area contributed by atoms with Crippen molar-refractivity contribution in [1.29, 1.82) is 0 Å². The van der Waals surface area contributed by atoms with E-state index in [2.05, 4.69) is 31.0 Å². The van der Waals surface area contributed by atoms with Crippen molar-refractivity contribution < 1.29 is 5.11 Å². The van der Waals surface area contributed by atoms with E-state index in [1.165, 1.54) is 11.1 Å². The highest BCUT2D eigenvalue weighted by Gasteiger charge is 2.06. The van der Waals surface area contributed by atoms with Crippen LogP contribution in [0.4, 0.5) is 0 Å². The van der Waals surface area contributed by atoms with Crippen LogP contribution in [0.5, 0.6) is 0 Å². The van der Waals surface area contributed by atoms with Crippen LogP contribution in [-0.2, 0) is 6.61 Å². The molecule has 0 unspecified atom stereocenters. The Morgan fingerprint density at radius 2 is 1.62 bits per heavy atom. The van der Waals surface area contributed by atoms with Crippen molar-refractivity contribution in [2.75, 3.05) is 0 Å². The highest BCUT2D eigenvalue weighted by Crippen LogP contribution is 2.25. The minimum absolute atomic E-state index is 0.0151. The van der Waals surface area contributed by atoms with E-state index in [0.717, 1.165) is 11.3 Å². The van der Waals surface area contributed by atoms with E-state index in [4.69, 9.17) is 5.11 Å². The van der Waals surface area contributed by atoms with Gasteiger partial charge >= 0.3 is 0 Å². The standard InChI is InChI=1S/C14H15NO/c1-10-5-3-6-11(2)14(10)13-8-4-7-12(9-16)15-13/h3-8,16H,9H2,1-2H3. The Hall–Kier alpha value is -1.67. The molecule has 0 saturated heterocycles. The van der Waals surface area contributed by atoms with Crippen molar-refractivity contribution in [1.82, 2.24) is 4.98 Å². The molecule has 0 aliphatic carbocycles. The van der Waals surface area contributed by atoms with Gasteiger partial charge in [-0.05, 0) is 37.1 Å². The zero-order valence-electron chi connectivity index (χ0n) is 9.57. The molecular formula is C14H15NO. The quantitative estimate of drug-likeness (QED) is 0.832. The molecule has 0 bridgehead atoms. The molecular weight excluding hydrogens is 198 g/mol. The number of pyridine rings is 1. The largest absolute Gasteiger partial charge is 0.390 e. The smallest absolute Gasteiger partial charge is 0.0853 e. The summed E-state index contributed by atoms with van der Waals surface area (Å²) >= 11 is 0. The fourth-order valence-electron chi connectivity index (χ4n) is 1.93. The monoisotopic (exact) mass is 213 g/mol. The van der Waals surface area contributed by atoms with Crippen molar-refractivity contribution in [3.8, 4) is 11.3 Å². The molecule has 2 heteroatoms. The summed E-state index contributed by atoms with van der Waals surface area (Å²) < 4.78 is 0. The number of aliphatic hydroxyl groups is 1. The Morgan fingerprint density at radius 3 is 2.25 bits per heavy atom. The van der Waals surface area contributed by atoms with Crippen molar-refractivity contribution in [3.63, 3.8) is 0 Å². The van der Waals surface area contributed by atoms with Crippen molar-refractivity contribution >= 4 is 0 Å². The number of hydrogen-bond acceptors (Lipinski definition) is 2. The molecule has 82 valence electrons. The van der Waals surface area contributed by atoms with Gasteiger partial charge in [0.2, 0.25) is 0 Å². The Labute approximate surface area is 95.6 Å². The molecule has 0 saturated carbocycles. The fraction of sp³-hybridized carbons (Fsp3) is 0.214. The van der Waals surface area contributed by atoms with E-state index in [1.54, 1.807) is 0 Å². The lowest BCUT2D eigenvalue weighted by atomic mass is 9.99. The van der Waals surface area contributed by atoms with Gasteiger partial charge in [-0.2, -0.15) is 0 Å². The number of nitrogens with zero attached hydrogens (tertiary/aromatic N) is 1. The van der Waals surface area contributed by atoms with Crippen LogP contribution in [0.3, 0.4) is 0 Å². The SMILES string of the molecule is Cc1cccc(C)c1-c1cccc(CO)n1. The molecule has 1 N–H and O–H groups in total. The first-order valence-corrected chi connectivity index (χ1v) is 5.36. The van der Waals surface area contributed by atoms with Gasteiger partial charge < -0.3 is 5.11 Å². The number of benzene rings is 1. The third-order valence-electron chi connectivity index (χ3n) is 2.71. The molecule has 0 aliphatic heterocycles. The van der Waals surface area contributed by atoms with E-state index in [9.17, 15) is 0 Å². The zero-order valence-corrected chi connectivity index (χ0v) is 9.57. The van der Waals surface area contributed by atoms with E-state index in [0.29, 0.717) is 5.69 Å². The molecule has 2 rings (SSSR count). The van der Waals surface area contributed by atoms with E-state index >= 15 is 0 Å². The molecule has 16 heavy (non-hydrogen) atoms. The summed E-state index contributed by atoms with van der Waals surface area (Å²) in [6, 6.07) is 11.9. The molecule has 1 aromatic heterocycles. The van der Waals surface area contributed by atoms with Crippen LogP contribution in [0.25, 0.3) is 11.3 Å². The Morgan fingerprint density at radius 1 is 1.00 bits per heavy atom. The van der Waals surface area contributed by atoms with E-state index < -0.39 is 0 Å². The molecule has 1 heterocycles. The van der Waals surface area contributed by atoms with Crippen LogP contribution >= 0.6 is 0 Å². The first-order valence-electron chi connectivity index (χ1n) is 5.36. The summed E-state index contributed by atoms with van der Waals surface area (Å²) in [5.74, 6) is 0. The van der Waals surface area contributed by atoms with Crippen molar-refractivity contribution in [2.24, 2.45) is 0 Å². The van der Waals surface area contributed by atoms with Gasteiger partial charge in [-0.3, -0.25) is 4.98 Å². The van der Waals surface area contributed by atoms with Crippen LogP contribution in [0, 0.1) is 13.8 Å². The summed E-state index contributed by atoms with van der Waals surface area (Å²) in [6.45, 7) is 4.14. The maximum Gasteiger partial charge on any atom is 0.0853 e. The number of hydrogen-bond donors (Lipinski definition) is 1. The molecule has 0 aliphatic rings. The number of aryl methyl sites for hydroxylation is 2. The highest BCUT2D eigenvalue weighted by atomic mass is 16.3. The molecule has 2 aromatic rings. The molecule has 0 radical (unpaired) electrons. The number of aliphatic hydroxyl groups excluding tert-OH is 1. The Bertz CT molecular complexity index is 486. The summed E-state index contributed by atoms with van der Waals surface area (Å²) in [5, 5.41) is 9.09. The van der Waals surface area contributed by atoms with Gasteiger partial charge in [-0.1, -0.05) is 24.3 Å². The van der Waals surface area contributed by atoms with Gasteiger partial charge in [0.1, 0.15) is 0 Å². The second kappa shape index (κ2) is 4.45. The Balaban J connectivity index is 2.58. The highest BCUT2D eigenvalue weighted by molar-refractivity contribution is 5.67. The lowest BCUT2D eigenvalue weighted by Gasteiger charge is -2.09. The van der Waals surface area contributed by atoms with Crippen LogP contribution in [0.15, 0.2) is 36.4 Å². The Kier molecular flexibility index (Phi) is 3.02. The normalized spacial score (nSPS) is 10.4. The second-order valence-corrected chi connectivity index (χ2v) is 3.94. The van der Waals surface area contributed by atoms with Gasteiger partial charge in [-0.25, -0.2) is 0 Å². The lowest BCUT2D eigenvalue weighted by Crippen LogP contribution is -1.94.